The molecule has 0 amide bonds. The maximum atomic E-state index is 12.9. The van der Waals surface area contributed by atoms with Crippen LogP contribution in [-0.4, -0.2) is 13.6 Å². The minimum atomic E-state index is -4.69. The number of sulfonamides is 1. The van der Waals surface area contributed by atoms with Gasteiger partial charge in [-0.05, 0) is 42.3 Å². The van der Waals surface area contributed by atoms with Crippen molar-refractivity contribution in [1.29, 1.82) is 5.26 Å². The van der Waals surface area contributed by atoms with Crippen LogP contribution in [0.25, 0.3) is 11.3 Å². The van der Waals surface area contributed by atoms with E-state index in [1.165, 1.54) is 42.5 Å². The monoisotopic (exact) mass is 421 g/mol. The number of anilines is 1. The number of rotatable bonds is 5. The van der Waals surface area contributed by atoms with E-state index in [1.54, 1.807) is 6.92 Å². The van der Waals surface area contributed by atoms with Crippen LogP contribution < -0.4 is 4.72 Å². The van der Waals surface area contributed by atoms with Crippen molar-refractivity contribution in [1.82, 2.24) is 5.16 Å². The van der Waals surface area contributed by atoms with Gasteiger partial charge in [-0.2, -0.15) is 18.4 Å². The molecule has 6 nitrogen and oxygen atoms in total. The maximum Gasteiger partial charge on any atom is 0.452 e. The van der Waals surface area contributed by atoms with Crippen LogP contribution in [-0.2, 0) is 22.6 Å². The highest BCUT2D eigenvalue weighted by Crippen LogP contribution is 2.33. The molecule has 150 valence electrons. The lowest BCUT2D eigenvalue weighted by molar-refractivity contribution is -0.155. The molecule has 29 heavy (non-hydrogen) atoms. The first kappa shape index (κ1) is 20.4. The van der Waals surface area contributed by atoms with E-state index in [0.717, 1.165) is 0 Å². The Labute approximate surface area is 164 Å². The van der Waals surface area contributed by atoms with E-state index in [4.69, 9.17) is 5.26 Å². The second kappa shape index (κ2) is 7.60. The second-order valence-corrected chi connectivity index (χ2v) is 7.70. The van der Waals surface area contributed by atoms with E-state index in [2.05, 4.69) is 14.4 Å². The van der Waals surface area contributed by atoms with Crippen molar-refractivity contribution in [2.75, 3.05) is 4.72 Å². The van der Waals surface area contributed by atoms with E-state index >= 15 is 0 Å². The van der Waals surface area contributed by atoms with Gasteiger partial charge < -0.3 is 4.52 Å². The molecule has 2 aromatic carbocycles. The molecule has 0 spiro atoms. The summed E-state index contributed by atoms with van der Waals surface area (Å²) in [6.45, 7) is 1.76. The fourth-order valence-electron chi connectivity index (χ4n) is 2.62. The number of hydrogen-bond acceptors (Lipinski definition) is 5. The van der Waals surface area contributed by atoms with Crippen LogP contribution in [0.1, 0.15) is 23.8 Å². The summed E-state index contributed by atoms with van der Waals surface area (Å²) in [4.78, 5) is -0.0848. The van der Waals surface area contributed by atoms with E-state index in [9.17, 15) is 21.6 Å². The van der Waals surface area contributed by atoms with Gasteiger partial charge in [0.1, 0.15) is 5.69 Å². The standard InChI is InChI=1S/C19H14F3N3O3S/c1-2-13-5-6-14(16-10-18(28-24-16)19(20,21)22)9-17(13)29(26,27)25-15-7-3-12(11-23)4-8-15/h3-10,25H,2H2,1H3. The van der Waals surface area contributed by atoms with Gasteiger partial charge in [-0.3, -0.25) is 4.72 Å². The van der Waals surface area contributed by atoms with E-state index in [0.29, 0.717) is 23.6 Å². The van der Waals surface area contributed by atoms with E-state index in [1.807, 2.05) is 6.07 Å². The Hall–Kier alpha value is -3.32. The molecule has 1 heterocycles. The van der Waals surface area contributed by atoms with Crippen LogP contribution in [0.2, 0.25) is 0 Å². The van der Waals surface area contributed by atoms with Gasteiger partial charge >= 0.3 is 6.18 Å². The number of alkyl halides is 3. The lowest BCUT2D eigenvalue weighted by Crippen LogP contribution is -2.15. The van der Waals surface area contributed by atoms with Crippen molar-refractivity contribution in [2.24, 2.45) is 0 Å². The summed E-state index contributed by atoms with van der Waals surface area (Å²) < 4.78 is 70.7. The van der Waals surface area contributed by atoms with Gasteiger partial charge in [0.25, 0.3) is 10.0 Å². The Morgan fingerprint density at radius 2 is 1.83 bits per heavy atom. The first-order valence-electron chi connectivity index (χ1n) is 8.34. The molecule has 0 aliphatic heterocycles. The highest BCUT2D eigenvalue weighted by molar-refractivity contribution is 7.92. The van der Waals surface area contributed by atoms with Crippen molar-refractivity contribution < 1.29 is 26.1 Å². The van der Waals surface area contributed by atoms with Crippen LogP contribution in [0.3, 0.4) is 0 Å². The number of halogens is 3. The molecule has 0 bridgehead atoms. The zero-order chi connectivity index (χ0) is 21.2. The van der Waals surface area contributed by atoms with Crippen LogP contribution in [0.15, 0.2) is 57.9 Å². The van der Waals surface area contributed by atoms with Gasteiger partial charge in [-0.15, -0.1) is 0 Å². The summed E-state index contributed by atoms with van der Waals surface area (Å²) >= 11 is 0. The van der Waals surface area contributed by atoms with E-state index in [-0.39, 0.29) is 21.8 Å². The molecule has 0 aliphatic rings. The van der Waals surface area contributed by atoms with E-state index < -0.39 is 22.0 Å². The Kier molecular flexibility index (Phi) is 5.35. The SMILES string of the molecule is CCc1ccc(-c2cc(C(F)(F)F)on2)cc1S(=O)(=O)Nc1ccc(C#N)cc1. The molecule has 3 aromatic rings. The number of nitrogens with zero attached hydrogens (tertiary/aromatic N) is 2. The fraction of sp³-hybridized carbons (Fsp3) is 0.158. The Morgan fingerprint density at radius 1 is 1.14 bits per heavy atom. The zero-order valence-corrected chi connectivity index (χ0v) is 15.8. The van der Waals surface area contributed by atoms with Crippen LogP contribution >= 0.6 is 0 Å². The Bertz CT molecular complexity index is 1180. The van der Waals surface area contributed by atoms with Gasteiger partial charge in [-0.1, -0.05) is 24.2 Å². The Morgan fingerprint density at radius 3 is 2.38 bits per heavy atom. The molecule has 1 N–H and O–H groups in total. The third kappa shape index (κ3) is 4.41. The van der Waals surface area contributed by atoms with Crippen molar-refractivity contribution in [3.8, 4) is 17.3 Å². The second-order valence-electron chi connectivity index (χ2n) is 6.04. The van der Waals surface area contributed by atoms with Gasteiger partial charge in [0.2, 0.25) is 5.76 Å². The molecule has 0 aliphatic carbocycles. The Balaban J connectivity index is 2.00. The molecule has 10 heteroatoms. The third-order valence-corrected chi connectivity index (χ3v) is 5.55. The van der Waals surface area contributed by atoms with Crippen molar-refractivity contribution in [3.05, 3.63) is 65.4 Å². The molecular weight excluding hydrogens is 407 g/mol. The quantitative estimate of drug-likeness (QED) is 0.650. The minimum absolute atomic E-state index is 0.0848. The number of aryl methyl sites for hydroxylation is 1. The smallest absolute Gasteiger partial charge is 0.351 e. The molecule has 0 atom stereocenters. The summed E-state index contributed by atoms with van der Waals surface area (Å²) in [5, 5.41) is 12.2. The van der Waals surface area contributed by atoms with Crippen LogP contribution in [0.4, 0.5) is 18.9 Å². The number of nitrogens with one attached hydrogen (secondary N) is 1. The lowest BCUT2D eigenvalue weighted by Gasteiger charge is -2.13. The first-order valence-corrected chi connectivity index (χ1v) is 9.82. The van der Waals surface area contributed by atoms with Crippen LogP contribution in [0.5, 0.6) is 0 Å². The lowest BCUT2D eigenvalue weighted by atomic mass is 10.1. The fourth-order valence-corrected chi connectivity index (χ4v) is 4.02. The number of nitriles is 1. The highest BCUT2D eigenvalue weighted by Gasteiger charge is 2.36. The summed E-state index contributed by atoms with van der Waals surface area (Å²) in [6.07, 6.45) is -4.31. The topological polar surface area (TPSA) is 96.0 Å². The molecule has 0 unspecified atom stereocenters. The number of benzene rings is 2. The predicted molar refractivity (Wildman–Crippen MR) is 98.3 cm³/mol. The molecule has 0 fully saturated rings. The van der Waals surface area contributed by atoms with Crippen LogP contribution in [0, 0.1) is 11.3 Å². The van der Waals surface area contributed by atoms with Crippen molar-refractivity contribution in [2.45, 2.75) is 24.4 Å². The van der Waals surface area contributed by atoms with Gasteiger partial charge in [0.15, 0.2) is 0 Å². The first-order chi connectivity index (χ1) is 13.6. The zero-order valence-electron chi connectivity index (χ0n) is 15.0. The molecule has 3 rings (SSSR count). The summed E-state index contributed by atoms with van der Waals surface area (Å²) in [7, 11) is -4.04. The summed E-state index contributed by atoms with van der Waals surface area (Å²) in [5.41, 5.74) is 1.14. The minimum Gasteiger partial charge on any atom is -0.351 e. The molecule has 0 saturated carbocycles. The maximum absolute atomic E-state index is 12.9. The van der Waals surface area contributed by atoms with Crippen molar-refractivity contribution in [3.63, 3.8) is 0 Å². The molecule has 0 saturated heterocycles. The highest BCUT2D eigenvalue weighted by atomic mass is 32.2. The van der Waals surface area contributed by atoms with Crippen molar-refractivity contribution >= 4 is 15.7 Å². The molecule has 0 radical (unpaired) electrons. The van der Waals surface area contributed by atoms with Gasteiger partial charge in [0.05, 0.1) is 16.5 Å². The summed E-state index contributed by atoms with van der Waals surface area (Å²) in [5.74, 6) is -1.27. The predicted octanol–water partition coefficient (Wildman–Crippen LogP) is 4.60. The third-order valence-electron chi connectivity index (χ3n) is 4.09. The largest absolute Gasteiger partial charge is 0.452 e. The normalized spacial score (nSPS) is 11.8. The summed E-state index contributed by atoms with van der Waals surface area (Å²) in [6, 6.07) is 12.7. The average molecular weight is 421 g/mol. The molecular formula is C19H14F3N3O3S. The average Bonchev–Trinajstić information content (AvgIpc) is 3.18. The molecule has 1 aromatic heterocycles. The van der Waals surface area contributed by atoms with Gasteiger partial charge in [0, 0.05) is 17.3 Å². The number of hydrogen-bond donors (Lipinski definition) is 1. The van der Waals surface area contributed by atoms with Gasteiger partial charge in [-0.25, -0.2) is 8.42 Å². The number of aromatic nitrogens is 1.